The van der Waals surface area contributed by atoms with Gasteiger partial charge in [0.25, 0.3) is 0 Å². The van der Waals surface area contributed by atoms with Crippen molar-refractivity contribution in [2.24, 2.45) is 0 Å². The second kappa shape index (κ2) is 10.6. The molecular formula is C20H31N3O4. The van der Waals surface area contributed by atoms with Crippen LogP contribution in [0.5, 0.6) is 5.75 Å². The average Bonchev–Trinajstić information content (AvgIpc) is 2.66. The highest BCUT2D eigenvalue weighted by Gasteiger charge is 2.24. The van der Waals surface area contributed by atoms with Crippen molar-refractivity contribution in [1.29, 1.82) is 0 Å². The van der Waals surface area contributed by atoms with Gasteiger partial charge >= 0.3 is 12.1 Å². The molecule has 1 fully saturated rings. The molecule has 0 atom stereocenters. The number of carbonyl (C=O) groups is 2. The smallest absolute Gasteiger partial charge is 0.409 e. The lowest BCUT2D eigenvalue weighted by atomic mass is 10.0. The van der Waals surface area contributed by atoms with Crippen molar-refractivity contribution in [3.8, 4) is 5.75 Å². The third kappa shape index (κ3) is 6.66. The number of amides is 3. The number of hydrogen-bond acceptors (Lipinski definition) is 4. The summed E-state index contributed by atoms with van der Waals surface area (Å²) in [5.41, 5.74) is 1.16. The summed E-state index contributed by atoms with van der Waals surface area (Å²) < 4.78 is 10.8. The molecule has 1 aliphatic heterocycles. The molecule has 3 amide bonds. The predicted molar refractivity (Wildman–Crippen MR) is 104 cm³/mol. The summed E-state index contributed by atoms with van der Waals surface area (Å²) in [6, 6.07) is 7.82. The Morgan fingerprint density at radius 2 is 1.93 bits per heavy atom. The SMILES string of the molecule is CCOC(=O)N1CCC(NC(=O)NCCOc2ccccc2C(C)C)CC1. The molecule has 0 aliphatic carbocycles. The standard InChI is InChI=1S/C20H31N3O4/c1-4-26-20(25)23-12-9-16(10-13-23)22-19(24)21-11-14-27-18-8-6-5-7-17(18)15(2)3/h5-8,15-16H,4,9-14H2,1-3H3,(H2,21,22,24). The summed E-state index contributed by atoms with van der Waals surface area (Å²) in [5, 5.41) is 5.78. The van der Waals surface area contributed by atoms with Gasteiger partial charge in [-0.1, -0.05) is 32.0 Å². The number of nitrogens with zero attached hydrogens (tertiary/aromatic N) is 1. The third-order valence-corrected chi connectivity index (χ3v) is 4.54. The molecule has 2 rings (SSSR count). The summed E-state index contributed by atoms with van der Waals surface area (Å²) in [6.45, 7) is 8.46. The first-order valence-corrected chi connectivity index (χ1v) is 9.69. The van der Waals surface area contributed by atoms with Crippen molar-refractivity contribution in [2.75, 3.05) is 32.8 Å². The van der Waals surface area contributed by atoms with Gasteiger partial charge in [-0.3, -0.25) is 0 Å². The molecule has 0 radical (unpaired) electrons. The van der Waals surface area contributed by atoms with Crippen molar-refractivity contribution < 1.29 is 19.1 Å². The number of benzene rings is 1. The summed E-state index contributed by atoms with van der Waals surface area (Å²) >= 11 is 0. The van der Waals surface area contributed by atoms with Crippen molar-refractivity contribution >= 4 is 12.1 Å². The quantitative estimate of drug-likeness (QED) is 0.716. The Morgan fingerprint density at radius 3 is 2.59 bits per heavy atom. The number of likely N-dealkylation sites (tertiary alicyclic amines) is 1. The molecule has 7 heteroatoms. The molecule has 1 aromatic carbocycles. The van der Waals surface area contributed by atoms with Crippen molar-refractivity contribution in [3.63, 3.8) is 0 Å². The van der Waals surface area contributed by atoms with Crippen LogP contribution in [-0.2, 0) is 4.74 Å². The van der Waals surface area contributed by atoms with E-state index >= 15 is 0 Å². The maximum atomic E-state index is 12.0. The van der Waals surface area contributed by atoms with E-state index in [4.69, 9.17) is 9.47 Å². The Hall–Kier alpha value is -2.44. The van der Waals surface area contributed by atoms with Crippen LogP contribution in [0.15, 0.2) is 24.3 Å². The van der Waals surface area contributed by atoms with Gasteiger partial charge < -0.3 is 25.0 Å². The van der Waals surface area contributed by atoms with E-state index in [-0.39, 0.29) is 18.2 Å². The molecule has 0 unspecified atom stereocenters. The molecular weight excluding hydrogens is 346 g/mol. The summed E-state index contributed by atoms with van der Waals surface area (Å²) in [5.74, 6) is 1.25. The lowest BCUT2D eigenvalue weighted by molar-refractivity contribution is 0.0957. The van der Waals surface area contributed by atoms with Crippen LogP contribution in [0, 0.1) is 0 Å². The first-order chi connectivity index (χ1) is 13.0. The van der Waals surface area contributed by atoms with E-state index in [0.29, 0.717) is 38.8 Å². The number of urea groups is 1. The third-order valence-electron chi connectivity index (χ3n) is 4.54. The molecule has 1 saturated heterocycles. The zero-order valence-corrected chi connectivity index (χ0v) is 16.5. The van der Waals surface area contributed by atoms with Crippen LogP contribution < -0.4 is 15.4 Å². The zero-order valence-electron chi connectivity index (χ0n) is 16.5. The van der Waals surface area contributed by atoms with Gasteiger partial charge in [0.05, 0.1) is 13.2 Å². The highest BCUT2D eigenvalue weighted by Crippen LogP contribution is 2.25. The van der Waals surface area contributed by atoms with Crippen LogP contribution in [0.2, 0.25) is 0 Å². The number of hydrogen-bond donors (Lipinski definition) is 2. The maximum absolute atomic E-state index is 12.0. The lowest BCUT2D eigenvalue weighted by Crippen LogP contribution is -2.49. The first-order valence-electron chi connectivity index (χ1n) is 9.69. The van der Waals surface area contributed by atoms with E-state index < -0.39 is 0 Å². The minimum absolute atomic E-state index is 0.0678. The Balaban J connectivity index is 1.64. The van der Waals surface area contributed by atoms with Crippen LogP contribution in [-0.4, -0.2) is 55.9 Å². The van der Waals surface area contributed by atoms with Crippen LogP contribution in [0.3, 0.4) is 0 Å². The van der Waals surface area contributed by atoms with Gasteiger partial charge in [-0.05, 0) is 37.3 Å². The number of para-hydroxylation sites is 1. The second-order valence-electron chi connectivity index (χ2n) is 6.90. The summed E-state index contributed by atoms with van der Waals surface area (Å²) in [4.78, 5) is 25.4. The van der Waals surface area contributed by atoms with Crippen LogP contribution in [0.1, 0.15) is 45.1 Å². The second-order valence-corrected chi connectivity index (χ2v) is 6.90. The van der Waals surface area contributed by atoms with Gasteiger partial charge in [0, 0.05) is 19.1 Å². The van der Waals surface area contributed by atoms with Crippen LogP contribution in [0.25, 0.3) is 0 Å². The van der Waals surface area contributed by atoms with E-state index in [1.165, 1.54) is 0 Å². The molecule has 0 aromatic heterocycles. The van der Waals surface area contributed by atoms with Gasteiger partial charge in [-0.15, -0.1) is 0 Å². The number of piperidine rings is 1. The lowest BCUT2D eigenvalue weighted by Gasteiger charge is -2.31. The highest BCUT2D eigenvalue weighted by atomic mass is 16.6. The molecule has 0 spiro atoms. The fourth-order valence-electron chi connectivity index (χ4n) is 3.07. The maximum Gasteiger partial charge on any atom is 0.409 e. The molecule has 150 valence electrons. The topological polar surface area (TPSA) is 79.9 Å². The van der Waals surface area contributed by atoms with Crippen LogP contribution in [0.4, 0.5) is 9.59 Å². The summed E-state index contributed by atoms with van der Waals surface area (Å²) in [7, 11) is 0. The van der Waals surface area contributed by atoms with E-state index in [1.54, 1.807) is 11.8 Å². The highest BCUT2D eigenvalue weighted by molar-refractivity contribution is 5.74. The molecule has 2 N–H and O–H groups in total. The number of carbonyl (C=O) groups excluding carboxylic acids is 2. The fourth-order valence-corrected chi connectivity index (χ4v) is 3.07. The molecule has 7 nitrogen and oxygen atoms in total. The monoisotopic (exact) mass is 377 g/mol. The van der Waals surface area contributed by atoms with Crippen molar-refractivity contribution in [1.82, 2.24) is 15.5 Å². The zero-order chi connectivity index (χ0) is 19.6. The Kier molecular flexibility index (Phi) is 8.23. The minimum Gasteiger partial charge on any atom is -0.491 e. The molecule has 0 bridgehead atoms. The Morgan fingerprint density at radius 1 is 1.22 bits per heavy atom. The van der Waals surface area contributed by atoms with E-state index in [2.05, 4.69) is 30.5 Å². The average molecular weight is 377 g/mol. The summed E-state index contributed by atoms with van der Waals surface area (Å²) in [6.07, 6.45) is 1.17. The molecule has 27 heavy (non-hydrogen) atoms. The van der Waals surface area contributed by atoms with Gasteiger partial charge in [-0.25, -0.2) is 9.59 Å². The van der Waals surface area contributed by atoms with E-state index in [1.807, 2.05) is 18.2 Å². The van der Waals surface area contributed by atoms with Crippen molar-refractivity contribution in [2.45, 2.75) is 45.6 Å². The van der Waals surface area contributed by atoms with Gasteiger partial charge in [-0.2, -0.15) is 0 Å². The number of rotatable bonds is 7. The fraction of sp³-hybridized carbons (Fsp3) is 0.600. The Labute approximate surface area is 161 Å². The van der Waals surface area contributed by atoms with Gasteiger partial charge in [0.2, 0.25) is 0 Å². The molecule has 1 aliphatic rings. The first kappa shape index (κ1) is 20.9. The normalized spacial score (nSPS) is 14.7. The van der Waals surface area contributed by atoms with E-state index in [9.17, 15) is 9.59 Å². The molecule has 1 heterocycles. The largest absolute Gasteiger partial charge is 0.491 e. The van der Waals surface area contributed by atoms with Gasteiger partial charge in [0.15, 0.2) is 0 Å². The van der Waals surface area contributed by atoms with Gasteiger partial charge in [0.1, 0.15) is 12.4 Å². The Bertz CT molecular complexity index is 613. The van der Waals surface area contributed by atoms with Crippen molar-refractivity contribution in [3.05, 3.63) is 29.8 Å². The minimum atomic E-state index is -0.278. The van der Waals surface area contributed by atoms with Crippen LogP contribution >= 0.6 is 0 Å². The predicted octanol–water partition coefficient (Wildman–Crippen LogP) is 3.11. The van der Waals surface area contributed by atoms with E-state index in [0.717, 1.165) is 24.2 Å². The molecule has 0 saturated carbocycles. The number of ether oxygens (including phenoxy) is 2. The molecule has 1 aromatic rings. The number of nitrogens with one attached hydrogen (secondary N) is 2.